The Morgan fingerprint density at radius 1 is 1.14 bits per heavy atom. The zero-order chi connectivity index (χ0) is 15.1. The van der Waals surface area contributed by atoms with Crippen molar-refractivity contribution in [1.29, 1.82) is 0 Å². The SMILES string of the molecule is CCCCC1(OC(C)Cc2ccc(O)cc2)CCCCC1. The van der Waals surface area contributed by atoms with Crippen LogP contribution in [0.1, 0.15) is 70.8 Å². The smallest absolute Gasteiger partial charge is 0.115 e. The molecule has 0 aromatic heterocycles. The van der Waals surface area contributed by atoms with Crippen LogP contribution < -0.4 is 0 Å². The summed E-state index contributed by atoms with van der Waals surface area (Å²) in [5, 5.41) is 9.36. The molecule has 0 amide bonds. The summed E-state index contributed by atoms with van der Waals surface area (Å²) >= 11 is 0. The Labute approximate surface area is 129 Å². The maximum absolute atomic E-state index is 9.36. The molecule has 2 rings (SSSR count). The number of aromatic hydroxyl groups is 1. The minimum absolute atomic E-state index is 0.130. The standard InChI is InChI=1S/C19H30O2/c1-3-4-12-19(13-6-5-7-14-19)21-16(2)15-17-8-10-18(20)11-9-17/h8-11,16,20H,3-7,12-15H2,1-2H3. The number of benzene rings is 1. The van der Waals surface area contributed by atoms with Crippen molar-refractivity contribution in [2.45, 2.75) is 83.3 Å². The van der Waals surface area contributed by atoms with Gasteiger partial charge in [-0.3, -0.25) is 0 Å². The predicted molar refractivity (Wildman–Crippen MR) is 87.7 cm³/mol. The number of phenols is 1. The largest absolute Gasteiger partial charge is 0.508 e. The average molecular weight is 290 g/mol. The number of unbranched alkanes of at least 4 members (excludes halogenated alkanes) is 1. The molecule has 0 heterocycles. The molecule has 0 bridgehead atoms. The van der Waals surface area contributed by atoms with Gasteiger partial charge in [-0.2, -0.15) is 0 Å². The molecule has 1 aromatic rings. The molecular formula is C19H30O2. The molecule has 1 atom stereocenters. The van der Waals surface area contributed by atoms with Crippen molar-refractivity contribution in [2.24, 2.45) is 0 Å². The first-order valence-corrected chi connectivity index (χ1v) is 8.59. The summed E-state index contributed by atoms with van der Waals surface area (Å²) in [6, 6.07) is 7.51. The number of phenolic OH excluding ortho intramolecular Hbond substituents is 1. The van der Waals surface area contributed by atoms with Crippen molar-refractivity contribution >= 4 is 0 Å². The molecular weight excluding hydrogens is 260 g/mol. The fourth-order valence-corrected chi connectivity index (χ4v) is 3.55. The second-order valence-electron chi connectivity index (χ2n) is 6.65. The second-order valence-corrected chi connectivity index (χ2v) is 6.65. The lowest BCUT2D eigenvalue weighted by Gasteiger charge is -2.40. The van der Waals surface area contributed by atoms with Crippen LogP contribution in [0.15, 0.2) is 24.3 Å². The van der Waals surface area contributed by atoms with Crippen LogP contribution in [0.2, 0.25) is 0 Å². The van der Waals surface area contributed by atoms with Crippen molar-refractivity contribution < 1.29 is 9.84 Å². The Morgan fingerprint density at radius 3 is 2.43 bits per heavy atom. The Morgan fingerprint density at radius 2 is 1.81 bits per heavy atom. The van der Waals surface area contributed by atoms with E-state index >= 15 is 0 Å². The van der Waals surface area contributed by atoms with Gasteiger partial charge in [0, 0.05) is 0 Å². The third kappa shape index (κ3) is 5.03. The molecule has 2 nitrogen and oxygen atoms in total. The lowest BCUT2D eigenvalue weighted by Crippen LogP contribution is -2.38. The molecule has 0 aliphatic heterocycles. The van der Waals surface area contributed by atoms with Gasteiger partial charge in [-0.15, -0.1) is 0 Å². The first kappa shape index (κ1) is 16.4. The van der Waals surface area contributed by atoms with Gasteiger partial charge in [0.25, 0.3) is 0 Å². The molecule has 0 saturated heterocycles. The van der Waals surface area contributed by atoms with Crippen LogP contribution >= 0.6 is 0 Å². The second kappa shape index (κ2) is 7.84. The van der Waals surface area contributed by atoms with E-state index in [0.717, 1.165) is 6.42 Å². The Bertz CT molecular complexity index is 404. The van der Waals surface area contributed by atoms with Crippen molar-refractivity contribution in [2.75, 3.05) is 0 Å². The van der Waals surface area contributed by atoms with Gasteiger partial charge in [-0.1, -0.05) is 51.2 Å². The maximum atomic E-state index is 9.36. The van der Waals surface area contributed by atoms with Crippen LogP contribution in [0.4, 0.5) is 0 Å². The van der Waals surface area contributed by atoms with E-state index in [1.54, 1.807) is 12.1 Å². The normalized spacial score (nSPS) is 19.3. The van der Waals surface area contributed by atoms with E-state index in [1.807, 2.05) is 12.1 Å². The van der Waals surface area contributed by atoms with Crippen molar-refractivity contribution in [3.63, 3.8) is 0 Å². The number of hydrogen-bond acceptors (Lipinski definition) is 2. The van der Waals surface area contributed by atoms with Crippen LogP contribution in [-0.2, 0) is 11.2 Å². The van der Waals surface area contributed by atoms with Crippen LogP contribution in [0.3, 0.4) is 0 Å². The molecule has 1 aromatic carbocycles. The summed E-state index contributed by atoms with van der Waals surface area (Å²) < 4.78 is 6.55. The summed E-state index contributed by atoms with van der Waals surface area (Å²) in [4.78, 5) is 0. The summed E-state index contributed by atoms with van der Waals surface area (Å²) in [5.74, 6) is 0.332. The predicted octanol–water partition coefficient (Wildman–Crippen LogP) is 5.23. The van der Waals surface area contributed by atoms with E-state index < -0.39 is 0 Å². The molecule has 118 valence electrons. The van der Waals surface area contributed by atoms with Crippen molar-refractivity contribution in [3.05, 3.63) is 29.8 Å². The Hall–Kier alpha value is -1.02. The summed E-state index contributed by atoms with van der Waals surface area (Å²) in [7, 11) is 0. The minimum Gasteiger partial charge on any atom is -0.508 e. The summed E-state index contributed by atoms with van der Waals surface area (Å²) in [5.41, 5.74) is 1.37. The molecule has 1 aliphatic carbocycles. The highest BCUT2D eigenvalue weighted by molar-refractivity contribution is 5.26. The molecule has 1 fully saturated rings. The first-order chi connectivity index (χ1) is 10.1. The van der Waals surface area contributed by atoms with E-state index in [4.69, 9.17) is 4.74 Å². The molecule has 1 N–H and O–H groups in total. The van der Waals surface area contributed by atoms with Crippen LogP contribution in [0, 0.1) is 0 Å². The monoisotopic (exact) mass is 290 g/mol. The zero-order valence-electron chi connectivity index (χ0n) is 13.6. The zero-order valence-corrected chi connectivity index (χ0v) is 13.6. The van der Waals surface area contributed by atoms with Crippen LogP contribution in [-0.4, -0.2) is 16.8 Å². The van der Waals surface area contributed by atoms with Gasteiger partial charge in [-0.25, -0.2) is 0 Å². The first-order valence-electron chi connectivity index (χ1n) is 8.59. The van der Waals surface area contributed by atoms with Crippen LogP contribution in [0.5, 0.6) is 5.75 Å². The van der Waals surface area contributed by atoms with Gasteiger partial charge < -0.3 is 9.84 Å². The van der Waals surface area contributed by atoms with E-state index in [9.17, 15) is 5.11 Å². The molecule has 2 heteroatoms. The summed E-state index contributed by atoms with van der Waals surface area (Å²) in [6.07, 6.45) is 11.3. The van der Waals surface area contributed by atoms with E-state index in [-0.39, 0.29) is 11.7 Å². The third-order valence-corrected chi connectivity index (χ3v) is 4.66. The number of ether oxygens (including phenoxy) is 1. The molecule has 1 aliphatic rings. The van der Waals surface area contributed by atoms with Crippen LogP contribution in [0.25, 0.3) is 0 Å². The molecule has 1 saturated carbocycles. The topological polar surface area (TPSA) is 29.5 Å². The maximum Gasteiger partial charge on any atom is 0.115 e. The van der Waals surface area contributed by atoms with E-state index in [2.05, 4.69) is 13.8 Å². The van der Waals surface area contributed by atoms with Crippen molar-refractivity contribution in [3.8, 4) is 5.75 Å². The fourth-order valence-electron chi connectivity index (χ4n) is 3.55. The highest BCUT2D eigenvalue weighted by Gasteiger charge is 2.33. The highest BCUT2D eigenvalue weighted by atomic mass is 16.5. The average Bonchev–Trinajstić information content (AvgIpc) is 2.48. The number of rotatable bonds is 7. The van der Waals surface area contributed by atoms with Gasteiger partial charge in [-0.05, 0) is 50.3 Å². The minimum atomic E-state index is 0.130. The fraction of sp³-hybridized carbons (Fsp3) is 0.684. The number of hydrogen-bond donors (Lipinski definition) is 1. The Kier molecular flexibility index (Phi) is 6.10. The van der Waals surface area contributed by atoms with Gasteiger partial charge in [0.1, 0.15) is 5.75 Å². The van der Waals surface area contributed by atoms with E-state index in [1.165, 1.54) is 56.9 Å². The van der Waals surface area contributed by atoms with E-state index in [0.29, 0.717) is 5.75 Å². The summed E-state index contributed by atoms with van der Waals surface area (Å²) in [6.45, 7) is 4.45. The lowest BCUT2D eigenvalue weighted by molar-refractivity contribution is -0.112. The lowest BCUT2D eigenvalue weighted by atomic mass is 9.81. The molecule has 0 radical (unpaired) electrons. The van der Waals surface area contributed by atoms with Gasteiger partial charge in [0.2, 0.25) is 0 Å². The van der Waals surface area contributed by atoms with Crippen molar-refractivity contribution in [1.82, 2.24) is 0 Å². The van der Waals surface area contributed by atoms with Gasteiger partial charge in [0.15, 0.2) is 0 Å². The Balaban J connectivity index is 1.93. The molecule has 0 spiro atoms. The van der Waals surface area contributed by atoms with Gasteiger partial charge >= 0.3 is 0 Å². The third-order valence-electron chi connectivity index (χ3n) is 4.66. The molecule has 21 heavy (non-hydrogen) atoms. The quantitative estimate of drug-likeness (QED) is 0.744. The molecule has 1 unspecified atom stereocenters. The van der Waals surface area contributed by atoms with Gasteiger partial charge in [0.05, 0.1) is 11.7 Å². The highest BCUT2D eigenvalue weighted by Crippen LogP contribution is 2.37.